The van der Waals surface area contributed by atoms with Crippen molar-refractivity contribution in [3.8, 4) is 0 Å². The summed E-state index contributed by atoms with van der Waals surface area (Å²) in [6, 6.07) is 0. The van der Waals surface area contributed by atoms with E-state index in [0.717, 1.165) is 0 Å². The van der Waals surface area contributed by atoms with Gasteiger partial charge in [-0.3, -0.25) is 0 Å². The first kappa shape index (κ1) is 36.4. The predicted octanol–water partition coefficient (Wildman–Crippen LogP) is 7.61. The minimum absolute atomic E-state index is 0.408. The molecule has 0 amide bonds. The average Bonchev–Trinajstić information content (AvgIpc) is 2.40. The SMILES string of the molecule is C[C](C)(C)[Ga]([NH2])[C](C)(C)C.C[C](C)(C)[Ga]([NH2])[C](C)(C)C.C[C](C)(C)[Ga]([NH2])[C](C)(C)C. The van der Waals surface area contributed by atoms with Crippen molar-refractivity contribution in [3.63, 3.8) is 0 Å². The van der Waals surface area contributed by atoms with E-state index in [-0.39, 0.29) is 0 Å². The number of nitrogens with two attached hydrogens (primary N) is 3. The molecule has 180 valence electrons. The van der Waals surface area contributed by atoms with Gasteiger partial charge in [0, 0.05) is 0 Å². The van der Waals surface area contributed by atoms with Gasteiger partial charge < -0.3 is 0 Å². The molecule has 0 radical (unpaired) electrons. The average molecular weight is 600 g/mol. The van der Waals surface area contributed by atoms with Crippen LogP contribution in [0.25, 0.3) is 0 Å². The molecule has 0 aliphatic rings. The molecule has 0 saturated heterocycles. The molecule has 0 atom stereocenters. The van der Waals surface area contributed by atoms with E-state index in [1.54, 1.807) is 0 Å². The van der Waals surface area contributed by atoms with E-state index in [1.807, 2.05) is 0 Å². The first-order chi connectivity index (χ1) is 12.5. The Morgan fingerprint density at radius 2 is 0.333 bits per heavy atom. The molecule has 30 heavy (non-hydrogen) atoms. The molecule has 0 aliphatic heterocycles. The van der Waals surface area contributed by atoms with Crippen LogP contribution in [-0.4, -0.2) is 49.4 Å². The fourth-order valence-electron chi connectivity index (χ4n) is 3.90. The van der Waals surface area contributed by atoms with E-state index in [9.17, 15) is 0 Å². The van der Waals surface area contributed by atoms with Crippen molar-refractivity contribution in [2.45, 2.75) is 148 Å². The van der Waals surface area contributed by atoms with Crippen LogP contribution in [0.4, 0.5) is 0 Å². The molecule has 0 spiro atoms. The van der Waals surface area contributed by atoms with Gasteiger partial charge in [-0.1, -0.05) is 0 Å². The molecule has 0 aromatic rings. The van der Waals surface area contributed by atoms with Gasteiger partial charge in [0.15, 0.2) is 0 Å². The molecule has 0 rings (SSSR count). The van der Waals surface area contributed by atoms with Crippen LogP contribution in [-0.2, 0) is 0 Å². The van der Waals surface area contributed by atoms with Gasteiger partial charge >= 0.3 is 211 Å². The van der Waals surface area contributed by atoms with Crippen molar-refractivity contribution in [1.82, 2.24) is 0 Å². The van der Waals surface area contributed by atoms with E-state index in [2.05, 4.69) is 125 Å². The summed E-state index contributed by atoms with van der Waals surface area (Å²) >= 11 is -4.65. The van der Waals surface area contributed by atoms with Crippen LogP contribution in [0.5, 0.6) is 0 Å². The second kappa shape index (κ2) is 12.5. The second-order valence-corrected chi connectivity index (χ2v) is 43.4. The van der Waals surface area contributed by atoms with Crippen LogP contribution in [0, 0.1) is 0 Å². The summed E-state index contributed by atoms with van der Waals surface area (Å²) < 4.78 is 21.1. The molecule has 0 saturated carbocycles. The number of rotatable bonds is 0. The Morgan fingerprint density at radius 1 is 0.267 bits per heavy atom. The van der Waals surface area contributed by atoms with Crippen molar-refractivity contribution < 1.29 is 0 Å². The second-order valence-electron chi connectivity index (χ2n) is 15.6. The monoisotopic (exact) mass is 597 g/mol. The van der Waals surface area contributed by atoms with Gasteiger partial charge in [-0.15, -0.1) is 0 Å². The van der Waals surface area contributed by atoms with E-state index in [0.29, 0.717) is 23.8 Å². The van der Waals surface area contributed by atoms with E-state index in [1.165, 1.54) is 0 Å². The molecule has 0 fully saturated rings. The van der Waals surface area contributed by atoms with Crippen molar-refractivity contribution in [3.05, 3.63) is 0 Å². The third kappa shape index (κ3) is 17.3. The zero-order valence-electron chi connectivity index (χ0n) is 24.5. The Balaban J connectivity index is -0.000000364. The molecule has 3 nitrogen and oxygen atoms in total. The summed E-state index contributed by atoms with van der Waals surface area (Å²) in [6.07, 6.45) is 0. The van der Waals surface area contributed by atoms with Crippen molar-refractivity contribution in [2.75, 3.05) is 0 Å². The molecule has 0 aromatic carbocycles. The van der Waals surface area contributed by atoms with Gasteiger partial charge in [0.1, 0.15) is 0 Å². The summed E-state index contributed by atoms with van der Waals surface area (Å²) in [5.41, 5.74) is 0. The summed E-state index contributed by atoms with van der Waals surface area (Å²) in [5, 5.41) is 0. The molecule has 0 heterocycles. The van der Waals surface area contributed by atoms with Gasteiger partial charge in [0.05, 0.1) is 0 Å². The minimum atomic E-state index is -1.55. The van der Waals surface area contributed by atoms with Crippen LogP contribution in [0.1, 0.15) is 125 Å². The van der Waals surface area contributed by atoms with Crippen molar-refractivity contribution in [1.29, 1.82) is 0 Å². The summed E-state index contributed by atoms with van der Waals surface area (Å²) in [6.45, 7) is 40.8. The Bertz CT molecular complexity index is 352. The van der Waals surface area contributed by atoms with Crippen LogP contribution >= 0.6 is 0 Å². The van der Waals surface area contributed by atoms with Crippen molar-refractivity contribution in [2.24, 2.45) is 13.3 Å². The first-order valence-electron chi connectivity index (χ1n) is 11.7. The molecular weight excluding hydrogens is 539 g/mol. The Morgan fingerprint density at radius 3 is 0.333 bits per heavy atom. The first-order valence-corrected chi connectivity index (χ1v) is 23.2. The topological polar surface area (TPSA) is 78.1 Å². The third-order valence-electron chi connectivity index (χ3n) is 5.60. The third-order valence-corrected chi connectivity index (χ3v) is 29.1. The van der Waals surface area contributed by atoms with Crippen LogP contribution < -0.4 is 13.3 Å². The van der Waals surface area contributed by atoms with Crippen LogP contribution in [0.3, 0.4) is 0 Å². The van der Waals surface area contributed by atoms with Gasteiger partial charge in [-0.2, -0.15) is 0 Å². The summed E-state index contributed by atoms with van der Waals surface area (Å²) in [7, 11) is 0. The van der Waals surface area contributed by atoms with E-state index in [4.69, 9.17) is 13.3 Å². The maximum absolute atomic E-state index is 6.22. The van der Waals surface area contributed by atoms with E-state index < -0.39 is 49.4 Å². The maximum atomic E-state index is 6.22. The van der Waals surface area contributed by atoms with Crippen LogP contribution in [0.2, 0.25) is 23.8 Å². The fraction of sp³-hybridized carbons (Fsp3) is 1.00. The molecule has 0 unspecified atom stereocenters. The van der Waals surface area contributed by atoms with Gasteiger partial charge in [0.2, 0.25) is 0 Å². The van der Waals surface area contributed by atoms with Crippen LogP contribution in [0.15, 0.2) is 0 Å². The quantitative estimate of drug-likeness (QED) is 0.251. The number of hydrogen-bond acceptors (Lipinski definition) is 3. The summed E-state index contributed by atoms with van der Waals surface area (Å²) in [4.78, 5) is 0. The predicted molar refractivity (Wildman–Crippen MR) is 148 cm³/mol. The molecular formula is C24H60Ga3N3. The Kier molecular flexibility index (Phi) is 15.1. The molecule has 0 aromatic heterocycles. The fourth-order valence-corrected chi connectivity index (χ4v) is 20.2. The Labute approximate surface area is 209 Å². The molecule has 0 bridgehead atoms. The zero-order chi connectivity index (χ0) is 25.7. The van der Waals surface area contributed by atoms with Gasteiger partial charge in [-0.25, -0.2) is 0 Å². The van der Waals surface area contributed by atoms with Crippen molar-refractivity contribution >= 4 is 49.4 Å². The summed E-state index contributed by atoms with van der Waals surface area (Å²) in [5.74, 6) is 0. The van der Waals surface area contributed by atoms with Gasteiger partial charge in [-0.05, 0) is 0 Å². The number of hydrogen-bond donors (Lipinski definition) is 3. The molecule has 0 aliphatic carbocycles. The van der Waals surface area contributed by atoms with Gasteiger partial charge in [0.25, 0.3) is 0 Å². The molecule has 6 N–H and O–H groups in total. The zero-order valence-corrected chi connectivity index (χ0v) is 31.7. The standard InChI is InChI=1S/6C4H9.3Ga.3H2N/c6*1-4(2)3;;;;;;/h6*1-3H3;;;;3*1H2/q;;;;;;3*+1;3*-1. The Hall–Kier alpha value is 1.79. The molecule has 6 heteroatoms. The normalized spacial score (nSPS) is 13.5. The van der Waals surface area contributed by atoms with E-state index >= 15 is 0 Å².